The minimum atomic E-state index is 0.583. The van der Waals surface area contributed by atoms with Crippen molar-refractivity contribution in [3.8, 4) is 56.4 Å². The zero-order valence-corrected chi connectivity index (χ0v) is 27.7. The van der Waals surface area contributed by atoms with Gasteiger partial charge in [-0.25, -0.2) is 15.0 Å². The second-order valence-electron chi connectivity index (χ2n) is 12.8. The van der Waals surface area contributed by atoms with Crippen LogP contribution in [0, 0.1) is 6.92 Å². The molecule has 0 atom stereocenters. The molecule has 0 aliphatic carbocycles. The van der Waals surface area contributed by atoms with Gasteiger partial charge >= 0.3 is 0 Å². The van der Waals surface area contributed by atoms with Crippen molar-refractivity contribution in [3.05, 3.63) is 163 Å². The molecule has 0 saturated heterocycles. The Morgan fingerprint density at radius 3 is 1.75 bits per heavy atom. The summed E-state index contributed by atoms with van der Waals surface area (Å²) in [5.41, 5.74) is 11.6. The highest BCUT2D eigenvalue weighted by Gasteiger charge is 2.23. The molecule has 240 valence electrons. The van der Waals surface area contributed by atoms with Crippen molar-refractivity contribution in [2.75, 3.05) is 0 Å². The quantitative estimate of drug-likeness (QED) is 0.185. The van der Waals surface area contributed by atoms with E-state index in [1.807, 2.05) is 84.9 Å². The highest BCUT2D eigenvalue weighted by atomic mass is 16.3. The summed E-state index contributed by atoms with van der Waals surface area (Å²) in [6.45, 7) is 2.16. The number of furan rings is 2. The Morgan fingerprint density at radius 1 is 0.392 bits per heavy atom. The topological polar surface area (TPSA) is 65.0 Å². The number of aryl methyl sites for hydroxylation is 1. The van der Waals surface area contributed by atoms with Crippen molar-refractivity contribution in [1.82, 2.24) is 15.0 Å². The summed E-state index contributed by atoms with van der Waals surface area (Å²) in [7, 11) is 0. The summed E-state index contributed by atoms with van der Waals surface area (Å²) in [5, 5.41) is 4.23. The third-order valence-electron chi connectivity index (χ3n) is 9.71. The lowest BCUT2D eigenvalue weighted by molar-refractivity contribution is 0.669. The molecule has 0 N–H and O–H groups in total. The Labute approximate surface area is 293 Å². The summed E-state index contributed by atoms with van der Waals surface area (Å²) in [4.78, 5) is 14.8. The van der Waals surface area contributed by atoms with Crippen LogP contribution in [-0.4, -0.2) is 15.0 Å². The van der Waals surface area contributed by atoms with E-state index < -0.39 is 0 Å². The molecule has 0 spiro atoms. The maximum Gasteiger partial charge on any atom is 0.164 e. The molecule has 3 aromatic heterocycles. The van der Waals surface area contributed by atoms with Crippen LogP contribution in [-0.2, 0) is 0 Å². The van der Waals surface area contributed by atoms with Gasteiger partial charge in [0.2, 0.25) is 0 Å². The average molecular weight is 656 g/mol. The third kappa shape index (κ3) is 4.82. The Kier molecular flexibility index (Phi) is 6.64. The highest BCUT2D eigenvalue weighted by molar-refractivity contribution is 6.20. The van der Waals surface area contributed by atoms with E-state index in [0.717, 1.165) is 77.3 Å². The van der Waals surface area contributed by atoms with Gasteiger partial charge in [0.15, 0.2) is 17.5 Å². The van der Waals surface area contributed by atoms with E-state index in [2.05, 4.69) is 79.7 Å². The Morgan fingerprint density at radius 2 is 1.00 bits per heavy atom. The van der Waals surface area contributed by atoms with Gasteiger partial charge in [0, 0.05) is 43.8 Å². The first kappa shape index (κ1) is 29.1. The molecular formula is C46H29N3O2. The van der Waals surface area contributed by atoms with Crippen molar-refractivity contribution in [3.63, 3.8) is 0 Å². The smallest absolute Gasteiger partial charge is 0.164 e. The molecule has 5 heteroatoms. The summed E-state index contributed by atoms with van der Waals surface area (Å²) in [6, 6.07) is 53.8. The van der Waals surface area contributed by atoms with Crippen molar-refractivity contribution in [2.45, 2.75) is 6.92 Å². The molecule has 0 aliphatic heterocycles. The number of para-hydroxylation sites is 1. The van der Waals surface area contributed by atoms with Crippen LogP contribution in [0.1, 0.15) is 5.56 Å². The maximum absolute atomic E-state index is 6.70. The fraction of sp³-hybridized carbons (Fsp3) is 0.0217. The first-order valence-corrected chi connectivity index (χ1v) is 17.0. The fourth-order valence-electron chi connectivity index (χ4n) is 7.27. The number of hydrogen-bond donors (Lipinski definition) is 0. The minimum Gasteiger partial charge on any atom is -0.456 e. The van der Waals surface area contributed by atoms with Gasteiger partial charge in [-0.05, 0) is 59.5 Å². The van der Waals surface area contributed by atoms with Crippen LogP contribution in [0.25, 0.3) is 100 Å². The summed E-state index contributed by atoms with van der Waals surface area (Å²) in [5.74, 6) is 1.82. The molecule has 51 heavy (non-hydrogen) atoms. The normalized spacial score (nSPS) is 11.6. The van der Waals surface area contributed by atoms with Crippen molar-refractivity contribution < 1.29 is 8.83 Å². The van der Waals surface area contributed by atoms with Crippen molar-refractivity contribution in [2.24, 2.45) is 0 Å². The fourth-order valence-corrected chi connectivity index (χ4v) is 7.27. The molecule has 0 fully saturated rings. The lowest BCUT2D eigenvalue weighted by Crippen LogP contribution is -2.00. The predicted octanol–water partition coefficient (Wildman–Crippen LogP) is 12.3. The zero-order valence-electron chi connectivity index (χ0n) is 27.7. The molecule has 0 bridgehead atoms. The Bertz CT molecular complexity index is 2870. The summed E-state index contributed by atoms with van der Waals surface area (Å²) in [6.07, 6.45) is 0. The monoisotopic (exact) mass is 655 g/mol. The van der Waals surface area contributed by atoms with Crippen LogP contribution in [0.4, 0.5) is 0 Å². The number of fused-ring (bicyclic) bond motifs is 6. The Balaban J connectivity index is 1.20. The van der Waals surface area contributed by atoms with Crippen LogP contribution in [0.15, 0.2) is 167 Å². The van der Waals surface area contributed by atoms with Crippen LogP contribution < -0.4 is 0 Å². The standard InChI is InChI=1S/C46H29N3O2/c1-28-13-8-9-18-32(28)34-25-26-35-33-19-10-11-21-38(33)51-43(35)42(34)37-20-12-22-39-41(37)36-24-23-31(27-40(36)50-39)46-48-44(29-14-4-2-5-15-29)47-45(49-46)30-16-6-3-7-17-30/h2-27H,1H3. The van der Waals surface area contributed by atoms with E-state index in [4.69, 9.17) is 23.8 Å². The van der Waals surface area contributed by atoms with Crippen LogP contribution in [0.2, 0.25) is 0 Å². The molecular weight excluding hydrogens is 627 g/mol. The van der Waals surface area contributed by atoms with Gasteiger partial charge in [-0.15, -0.1) is 0 Å². The van der Waals surface area contributed by atoms with Crippen molar-refractivity contribution >= 4 is 43.9 Å². The van der Waals surface area contributed by atoms with E-state index in [1.165, 1.54) is 11.1 Å². The van der Waals surface area contributed by atoms with Crippen LogP contribution >= 0.6 is 0 Å². The predicted molar refractivity (Wildman–Crippen MR) is 206 cm³/mol. The number of hydrogen-bond acceptors (Lipinski definition) is 5. The van der Waals surface area contributed by atoms with Gasteiger partial charge in [0.1, 0.15) is 22.3 Å². The SMILES string of the molecule is Cc1ccccc1-c1ccc2c(oc3ccccc32)c1-c1cccc2oc3cc(-c4nc(-c5ccccc5)nc(-c5ccccc5)n4)ccc3c12. The first-order valence-electron chi connectivity index (χ1n) is 17.0. The summed E-state index contributed by atoms with van der Waals surface area (Å²) >= 11 is 0. The van der Waals surface area contributed by atoms with Crippen molar-refractivity contribution in [1.29, 1.82) is 0 Å². The highest BCUT2D eigenvalue weighted by Crippen LogP contribution is 2.47. The summed E-state index contributed by atoms with van der Waals surface area (Å²) < 4.78 is 13.3. The number of rotatable bonds is 5. The number of benzene rings is 7. The molecule has 0 aliphatic rings. The second-order valence-corrected chi connectivity index (χ2v) is 12.8. The van der Waals surface area contributed by atoms with Gasteiger partial charge in [-0.2, -0.15) is 0 Å². The molecule has 10 rings (SSSR count). The number of nitrogens with zero attached hydrogens (tertiary/aromatic N) is 3. The minimum absolute atomic E-state index is 0.583. The van der Waals surface area contributed by atoms with Gasteiger partial charge in [0.25, 0.3) is 0 Å². The third-order valence-corrected chi connectivity index (χ3v) is 9.71. The van der Waals surface area contributed by atoms with Crippen LogP contribution in [0.3, 0.4) is 0 Å². The largest absolute Gasteiger partial charge is 0.456 e. The van der Waals surface area contributed by atoms with E-state index >= 15 is 0 Å². The van der Waals surface area contributed by atoms with E-state index in [0.29, 0.717) is 17.5 Å². The molecule has 0 amide bonds. The van der Waals surface area contributed by atoms with Crippen LogP contribution in [0.5, 0.6) is 0 Å². The van der Waals surface area contributed by atoms with Gasteiger partial charge in [-0.1, -0.05) is 127 Å². The maximum atomic E-state index is 6.70. The molecule has 0 unspecified atom stereocenters. The molecule has 3 heterocycles. The first-order chi connectivity index (χ1) is 25.2. The van der Waals surface area contributed by atoms with Gasteiger partial charge in [-0.3, -0.25) is 0 Å². The lowest BCUT2D eigenvalue weighted by atomic mass is 9.88. The average Bonchev–Trinajstić information content (AvgIpc) is 3.76. The molecule has 7 aromatic carbocycles. The van der Waals surface area contributed by atoms with E-state index in [-0.39, 0.29) is 0 Å². The molecule has 10 aromatic rings. The Hall–Kier alpha value is -6.85. The van der Waals surface area contributed by atoms with E-state index in [1.54, 1.807) is 0 Å². The zero-order chi connectivity index (χ0) is 33.9. The van der Waals surface area contributed by atoms with E-state index in [9.17, 15) is 0 Å². The lowest BCUT2D eigenvalue weighted by Gasteiger charge is -2.14. The molecule has 5 nitrogen and oxygen atoms in total. The second kappa shape index (κ2) is 11.6. The number of aromatic nitrogens is 3. The van der Waals surface area contributed by atoms with Gasteiger partial charge in [0.05, 0.1) is 0 Å². The van der Waals surface area contributed by atoms with Gasteiger partial charge < -0.3 is 8.83 Å². The molecule has 0 radical (unpaired) electrons. The molecule has 0 saturated carbocycles.